The van der Waals surface area contributed by atoms with E-state index >= 15 is 0 Å². The second-order valence-corrected chi connectivity index (χ2v) is 24.6. The molecule has 0 aliphatic heterocycles. The number of hydrogen-bond donors (Lipinski definition) is 3. The topological polar surface area (TPSA) is 288 Å². The first-order chi connectivity index (χ1) is 47.7. The molecule has 6 aromatic carbocycles. The number of methoxy groups -OCH3 is 3. The summed E-state index contributed by atoms with van der Waals surface area (Å²) >= 11 is 17.5. The summed E-state index contributed by atoms with van der Waals surface area (Å²) in [6.45, 7) is 6.22. The summed E-state index contributed by atoms with van der Waals surface area (Å²) in [6.07, 6.45) is -7.35. The number of nitriles is 2. The average Bonchev–Trinajstić information content (AvgIpc) is 1.10. The maximum Gasteiger partial charge on any atom is 0.434 e. The first kappa shape index (κ1) is 73.3. The van der Waals surface area contributed by atoms with E-state index in [0.717, 1.165) is 39.4 Å². The fraction of sp³-hybridized carbons (Fsp3) is 0.191. The first-order valence-corrected chi connectivity index (χ1v) is 32.2. The standard InChI is InChI=1S/C20H15ClF3N3O.C19H13ClF3N3O.C15H14N4O3.C14H14ClN5O2S/c1-28-14-6-7-17-15(10-14)18(16(11-25)19(27-17)20(22,23)24)26-9-8-12-2-4-13(21)5-3-12;1-27-13-6-7-16-14(8-13)17(15(9-24)18(26-16)19(21,22)23)25-10-11-2-4-12(20)5-3-11;1-10-7-14(20)19(16-8-10)9-13-17-15(18-22-13)11-3-5-12(21-2)6-4-11;1-9-7-10(2)20-14(17-9)18-13(19-20)8-16-23(21,22)12-5-3-11(15)4-6-12/h2-7,10H,8-9H2,1H3,(H,26,27);2-8H,10H2,1H3,(H,25,26);3-8H,9H2,1-2H3;3-7,16H,8H2,1-2H3. The van der Waals surface area contributed by atoms with Crippen LogP contribution in [0.5, 0.6) is 17.2 Å². The van der Waals surface area contributed by atoms with E-state index in [1.165, 1.54) is 73.5 Å². The van der Waals surface area contributed by atoms with Crippen LogP contribution in [0.15, 0.2) is 166 Å². The summed E-state index contributed by atoms with van der Waals surface area (Å²) in [5, 5.41) is 39.3. The molecule has 0 saturated carbocycles. The lowest BCUT2D eigenvalue weighted by molar-refractivity contribution is -0.141. The molecule has 0 atom stereocenters. The molecule has 0 unspecified atom stereocenters. The molecule has 0 saturated heterocycles. The molecule has 6 heterocycles. The largest absolute Gasteiger partial charge is 0.497 e. The van der Waals surface area contributed by atoms with Gasteiger partial charge >= 0.3 is 12.4 Å². The highest BCUT2D eigenvalue weighted by Gasteiger charge is 2.39. The summed E-state index contributed by atoms with van der Waals surface area (Å²) in [6, 6.07) is 42.9. The number of pyridine rings is 2. The van der Waals surface area contributed by atoms with Gasteiger partial charge in [0.1, 0.15) is 47.1 Å². The van der Waals surface area contributed by atoms with Crippen LogP contribution >= 0.6 is 34.8 Å². The normalized spacial score (nSPS) is 11.3. The van der Waals surface area contributed by atoms with E-state index in [0.29, 0.717) is 73.6 Å². The molecule has 0 fully saturated rings. The fourth-order valence-corrected chi connectivity index (χ4v) is 11.0. The third-order valence-electron chi connectivity index (χ3n) is 14.5. The maximum absolute atomic E-state index is 13.4. The molecule has 0 amide bonds. The number of benzene rings is 6. The molecule has 32 heteroatoms. The second-order valence-electron chi connectivity index (χ2n) is 21.5. The Morgan fingerprint density at radius 1 is 0.610 bits per heavy atom. The Morgan fingerprint density at radius 3 is 1.65 bits per heavy atom. The number of fused-ring (bicyclic) bond motifs is 3. The Hall–Kier alpha value is -11.0. The monoisotopic (exact) mass is 1450 g/mol. The van der Waals surface area contributed by atoms with E-state index in [9.17, 15) is 50.1 Å². The number of ether oxygens (including phenoxy) is 3. The van der Waals surface area contributed by atoms with Crippen molar-refractivity contribution < 1.29 is 53.5 Å². The van der Waals surface area contributed by atoms with Crippen LogP contribution in [-0.4, -0.2) is 85.8 Å². The lowest BCUT2D eigenvalue weighted by Gasteiger charge is -2.17. The van der Waals surface area contributed by atoms with Gasteiger partial charge in [-0.25, -0.2) is 37.3 Å². The van der Waals surface area contributed by atoms with Crippen molar-refractivity contribution in [1.82, 2.24) is 54.2 Å². The Bertz CT molecular complexity index is 5170. The molecule has 6 aromatic heterocycles. The predicted molar refractivity (Wildman–Crippen MR) is 363 cm³/mol. The third kappa shape index (κ3) is 18.6. The van der Waals surface area contributed by atoms with Crippen LogP contribution in [0.1, 0.15) is 62.3 Å². The van der Waals surface area contributed by atoms with E-state index in [1.54, 1.807) is 78.5 Å². The zero-order valence-corrected chi connectivity index (χ0v) is 56.6. The van der Waals surface area contributed by atoms with Crippen molar-refractivity contribution in [3.63, 3.8) is 0 Å². The minimum absolute atomic E-state index is 0.0210. The number of halogens is 9. The van der Waals surface area contributed by atoms with Gasteiger partial charge in [0.15, 0.2) is 17.2 Å². The number of alkyl halides is 6. The van der Waals surface area contributed by atoms with Gasteiger partial charge < -0.3 is 29.4 Å². The molecule has 0 spiro atoms. The zero-order valence-electron chi connectivity index (χ0n) is 53.5. The Labute approximate surface area is 581 Å². The minimum Gasteiger partial charge on any atom is -0.497 e. The van der Waals surface area contributed by atoms with E-state index < -0.39 is 44.9 Å². The van der Waals surface area contributed by atoms with Crippen molar-refractivity contribution >= 4 is 83.8 Å². The van der Waals surface area contributed by atoms with Gasteiger partial charge in [-0.05, 0) is 159 Å². The van der Waals surface area contributed by atoms with E-state index in [1.807, 2.05) is 63.2 Å². The van der Waals surface area contributed by atoms with Crippen molar-refractivity contribution in [2.24, 2.45) is 0 Å². The molecule has 3 N–H and O–H groups in total. The quantitative estimate of drug-likeness (QED) is 0.0714. The molecular formula is C68H56Cl3F6N15O7S. The molecule has 0 aliphatic rings. The first-order valence-electron chi connectivity index (χ1n) is 29.6. The number of hydrogen-bond acceptors (Lipinski definition) is 19. The molecule has 0 radical (unpaired) electrons. The van der Waals surface area contributed by atoms with Crippen molar-refractivity contribution in [3.05, 3.63) is 240 Å². The fourth-order valence-electron chi connectivity index (χ4n) is 9.60. The highest BCUT2D eigenvalue weighted by Crippen LogP contribution is 2.40. The van der Waals surface area contributed by atoms with Crippen LogP contribution in [0.3, 0.4) is 0 Å². The lowest BCUT2D eigenvalue weighted by Crippen LogP contribution is -2.23. The Morgan fingerprint density at radius 2 is 1.13 bits per heavy atom. The molecule has 100 heavy (non-hydrogen) atoms. The number of nitrogens with one attached hydrogen (secondary N) is 3. The average molecular weight is 1450 g/mol. The smallest absolute Gasteiger partial charge is 0.434 e. The van der Waals surface area contributed by atoms with Crippen molar-refractivity contribution in [1.29, 1.82) is 10.5 Å². The summed E-state index contributed by atoms with van der Waals surface area (Å²) in [5.74, 6) is 3.23. The molecule has 514 valence electrons. The molecule has 12 rings (SSSR count). The van der Waals surface area contributed by atoms with E-state index in [4.69, 9.17) is 53.5 Å². The number of aromatic nitrogens is 10. The molecule has 22 nitrogen and oxygen atoms in total. The molecule has 12 aromatic rings. The minimum atomic E-state index is -4.75. The van der Waals surface area contributed by atoms with E-state index in [2.05, 4.69) is 55.6 Å². The van der Waals surface area contributed by atoms with Gasteiger partial charge in [0.2, 0.25) is 21.7 Å². The summed E-state index contributed by atoms with van der Waals surface area (Å²) in [4.78, 5) is 32.0. The van der Waals surface area contributed by atoms with E-state index in [-0.39, 0.29) is 52.5 Å². The SMILES string of the molecule is COc1ccc(-c2noc(Cn3ncc(C)cc3=O)n2)cc1.COc1ccc2nc(C(F)(F)F)c(C#N)c(NCCc3ccc(Cl)cc3)c2c1.COc1ccc2nc(C(F)(F)F)c(C#N)c(NCc3ccc(Cl)cc3)c2c1.Cc1cc(C)n2nc(CNS(=O)(=O)c3ccc(Cl)cc3)nc2n1. The van der Waals surface area contributed by atoms with Gasteiger partial charge in [0, 0.05) is 61.9 Å². The molecule has 0 aliphatic carbocycles. The third-order valence-corrected chi connectivity index (χ3v) is 16.6. The van der Waals surface area contributed by atoms with Crippen LogP contribution in [0.2, 0.25) is 15.1 Å². The highest BCUT2D eigenvalue weighted by molar-refractivity contribution is 7.89. The summed E-state index contributed by atoms with van der Waals surface area (Å²) in [7, 11) is 0.861. The van der Waals surface area contributed by atoms with Crippen LogP contribution < -0.4 is 35.1 Å². The van der Waals surface area contributed by atoms with Gasteiger partial charge in [-0.15, -0.1) is 5.10 Å². The Kier molecular flexibility index (Phi) is 23.6. The summed E-state index contributed by atoms with van der Waals surface area (Å²) in [5.41, 5.74) is 1.74. The number of anilines is 2. The number of sulfonamides is 1. The van der Waals surface area contributed by atoms with Crippen molar-refractivity contribution in [2.45, 2.75) is 64.1 Å². The zero-order chi connectivity index (χ0) is 72.1. The molecular weight excluding hydrogens is 1390 g/mol. The predicted octanol–water partition coefficient (Wildman–Crippen LogP) is 14.4. The summed E-state index contributed by atoms with van der Waals surface area (Å²) < 4.78 is 131. The van der Waals surface area contributed by atoms with Crippen LogP contribution in [0, 0.1) is 43.4 Å². The van der Waals surface area contributed by atoms with Gasteiger partial charge in [-0.2, -0.15) is 51.9 Å². The number of nitrogens with zero attached hydrogens (tertiary/aromatic N) is 12. The Balaban J connectivity index is 0.000000156. The number of aryl methyl sites for hydroxylation is 3. The maximum atomic E-state index is 13.4. The number of rotatable bonds is 17. The van der Waals surface area contributed by atoms with Gasteiger partial charge in [0.05, 0.1) is 61.4 Å². The van der Waals surface area contributed by atoms with Crippen molar-refractivity contribution in [3.8, 4) is 40.8 Å². The van der Waals surface area contributed by atoms with Gasteiger partial charge in [-0.1, -0.05) is 64.2 Å². The van der Waals surface area contributed by atoms with Crippen LogP contribution in [0.4, 0.5) is 37.7 Å². The molecule has 0 bridgehead atoms. The van der Waals surface area contributed by atoms with Crippen LogP contribution in [0.25, 0.3) is 39.0 Å². The van der Waals surface area contributed by atoms with Gasteiger partial charge in [0.25, 0.3) is 11.3 Å². The van der Waals surface area contributed by atoms with Gasteiger partial charge in [-0.3, -0.25) is 4.79 Å². The second kappa shape index (κ2) is 32.2. The van der Waals surface area contributed by atoms with Crippen molar-refractivity contribution in [2.75, 3.05) is 38.5 Å². The van der Waals surface area contributed by atoms with Crippen LogP contribution in [-0.2, 0) is 48.4 Å². The lowest BCUT2D eigenvalue weighted by atomic mass is 10.0. The highest BCUT2D eigenvalue weighted by atomic mass is 35.5.